The van der Waals surface area contributed by atoms with Crippen LogP contribution in [-0.4, -0.2) is 25.2 Å². The predicted octanol–water partition coefficient (Wildman–Crippen LogP) is 3.79. The normalized spacial score (nSPS) is 11.2. The van der Waals surface area contributed by atoms with Crippen LogP contribution in [0.1, 0.15) is 5.56 Å². The number of fused-ring (bicyclic) bond motifs is 1. The van der Waals surface area contributed by atoms with E-state index >= 15 is 0 Å². The number of hydrogen-bond donors (Lipinski definition) is 0. The minimum Gasteiger partial charge on any atom is -0.459 e. The number of rotatable bonds is 4. The zero-order valence-electron chi connectivity index (χ0n) is 13.6. The molecule has 7 nitrogen and oxygen atoms in total. The molecule has 0 fully saturated rings. The first-order chi connectivity index (χ1) is 12.9. The van der Waals surface area contributed by atoms with E-state index in [1.54, 1.807) is 18.4 Å². The fourth-order valence-corrected chi connectivity index (χ4v) is 2.80. The highest BCUT2D eigenvalue weighted by molar-refractivity contribution is 5.73. The van der Waals surface area contributed by atoms with Crippen molar-refractivity contribution >= 4 is 11.0 Å². The highest BCUT2D eigenvalue weighted by Gasteiger charge is 2.12. The van der Waals surface area contributed by atoms with E-state index in [0.29, 0.717) is 24.1 Å². The molecule has 0 bridgehead atoms. The monoisotopic (exact) mass is 343 g/mol. The lowest BCUT2D eigenvalue weighted by Gasteiger charge is -2.03. The van der Waals surface area contributed by atoms with Crippen molar-refractivity contribution in [2.45, 2.75) is 6.54 Å². The molecule has 0 saturated carbocycles. The third kappa shape index (κ3) is 2.55. The Bertz CT molecular complexity index is 1160. The Labute approximate surface area is 147 Å². The van der Waals surface area contributed by atoms with Gasteiger partial charge in [0, 0.05) is 5.56 Å². The van der Waals surface area contributed by atoms with Gasteiger partial charge < -0.3 is 8.83 Å². The van der Waals surface area contributed by atoms with Gasteiger partial charge in [-0.1, -0.05) is 29.5 Å². The Morgan fingerprint density at radius 2 is 1.65 bits per heavy atom. The molecule has 0 saturated heterocycles. The largest absolute Gasteiger partial charge is 0.459 e. The number of nitrogens with zero attached hydrogens (tertiary/aromatic N) is 5. The van der Waals surface area contributed by atoms with Crippen molar-refractivity contribution in [2.24, 2.45) is 0 Å². The SMILES string of the molecule is c1coc(-c2nnc(-c3ccc(Cn4nnc5ccccc54)cc3)o2)c1. The van der Waals surface area contributed by atoms with Gasteiger partial charge in [-0.2, -0.15) is 0 Å². The Kier molecular flexibility index (Phi) is 3.35. The highest BCUT2D eigenvalue weighted by Crippen LogP contribution is 2.24. The Balaban J connectivity index is 1.39. The molecule has 0 amide bonds. The molecule has 26 heavy (non-hydrogen) atoms. The van der Waals surface area contributed by atoms with E-state index in [2.05, 4.69) is 20.5 Å². The minimum absolute atomic E-state index is 0.364. The molecule has 2 aromatic carbocycles. The van der Waals surface area contributed by atoms with E-state index in [9.17, 15) is 0 Å². The van der Waals surface area contributed by atoms with Crippen LogP contribution < -0.4 is 0 Å². The summed E-state index contributed by atoms with van der Waals surface area (Å²) in [5, 5.41) is 16.5. The third-order valence-electron chi connectivity index (χ3n) is 4.11. The second kappa shape index (κ2) is 5.96. The van der Waals surface area contributed by atoms with E-state index in [1.165, 1.54) is 0 Å². The summed E-state index contributed by atoms with van der Waals surface area (Å²) in [7, 11) is 0. The van der Waals surface area contributed by atoms with Gasteiger partial charge >= 0.3 is 0 Å². The van der Waals surface area contributed by atoms with Gasteiger partial charge in [0.2, 0.25) is 5.89 Å². The molecule has 126 valence electrons. The Morgan fingerprint density at radius 1 is 0.808 bits per heavy atom. The number of hydrogen-bond acceptors (Lipinski definition) is 6. The fourth-order valence-electron chi connectivity index (χ4n) is 2.80. The summed E-state index contributed by atoms with van der Waals surface area (Å²) >= 11 is 0. The topological polar surface area (TPSA) is 82.8 Å². The highest BCUT2D eigenvalue weighted by atomic mass is 16.4. The summed E-state index contributed by atoms with van der Waals surface area (Å²) in [4.78, 5) is 0. The third-order valence-corrected chi connectivity index (χ3v) is 4.11. The maximum absolute atomic E-state index is 5.67. The van der Waals surface area contributed by atoms with Crippen LogP contribution in [0.4, 0.5) is 0 Å². The molecule has 0 aliphatic rings. The quantitative estimate of drug-likeness (QED) is 0.494. The minimum atomic E-state index is 0.364. The van der Waals surface area contributed by atoms with Gasteiger partial charge in [-0.25, -0.2) is 4.68 Å². The summed E-state index contributed by atoms with van der Waals surface area (Å²) in [5.41, 5.74) is 3.86. The van der Waals surface area contributed by atoms with Crippen LogP contribution in [0.3, 0.4) is 0 Å². The van der Waals surface area contributed by atoms with Crippen molar-refractivity contribution in [3.8, 4) is 23.1 Å². The summed E-state index contributed by atoms with van der Waals surface area (Å²) in [6, 6.07) is 19.4. The standard InChI is InChI=1S/C19H13N5O2/c1-2-5-16-15(4-1)20-23-24(16)12-13-7-9-14(10-8-13)18-21-22-19(26-18)17-6-3-11-25-17/h1-11H,12H2. The van der Waals surface area contributed by atoms with E-state index in [1.807, 2.05) is 53.2 Å². The molecule has 0 aliphatic heterocycles. The summed E-state index contributed by atoms with van der Waals surface area (Å²) in [6.07, 6.45) is 1.57. The van der Waals surface area contributed by atoms with Gasteiger partial charge in [-0.15, -0.1) is 15.3 Å². The molecule has 0 N–H and O–H groups in total. The van der Waals surface area contributed by atoms with Crippen molar-refractivity contribution in [1.29, 1.82) is 0 Å². The number of para-hydroxylation sites is 1. The van der Waals surface area contributed by atoms with Gasteiger partial charge in [0.1, 0.15) is 5.52 Å². The van der Waals surface area contributed by atoms with Gasteiger partial charge in [0.25, 0.3) is 5.89 Å². The van der Waals surface area contributed by atoms with Crippen molar-refractivity contribution in [1.82, 2.24) is 25.2 Å². The Hall–Kier alpha value is -3.74. The van der Waals surface area contributed by atoms with Gasteiger partial charge in [0.05, 0.1) is 18.3 Å². The maximum atomic E-state index is 5.67. The van der Waals surface area contributed by atoms with Crippen LogP contribution >= 0.6 is 0 Å². The zero-order valence-corrected chi connectivity index (χ0v) is 13.6. The van der Waals surface area contributed by atoms with Crippen LogP contribution in [0.25, 0.3) is 34.1 Å². The molecular weight excluding hydrogens is 330 g/mol. The second-order valence-corrected chi connectivity index (χ2v) is 5.82. The van der Waals surface area contributed by atoms with Gasteiger partial charge in [-0.05, 0) is 42.0 Å². The molecular formula is C19H13N5O2. The lowest BCUT2D eigenvalue weighted by molar-refractivity contribution is 0.523. The average Bonchev–Trinajstić information content (AvgIpc) is 3.43. The first-order valence-electron chi connectivity index (χ1n) is 8.12. The zero-order chi connectivity index (χ0) is 17.3. The first-order valence-corrected chi connectivity index (χ1v) is 8.12. The molecule has 0 spiro atoms. The second-order valence-electron chi connectivity index (χ2n) is 5.82. The maximum Gasteiger partial charge on any atom is 0.283 e. The van der Waals surface area contributed by atoms with Crippen molar-refractivity contribution in [3.63, 3.8) is 0 Å². The molecule has 0 aliphatic carbocycles. The van der Waals surface area contributed by atoms with Crippen molar-refractivity contribution in [2.75, 3.05) is 0 Å². The number of aromatic nitrogens is 5. The molecule has 3 heterocycles. The summed E-state index contributed by atoms with van der Waals surface area (Å²) < 4.78 is 12.8. The Morgan fingerprint density at radius 3 is 2.50 bits per heavy atom. The van der Waals surface area contributed by atoms with Crippen LogP contribution in [-0.2, 0) is 6.54 Å². The number of benzene rings is 2. The molecule has 3 aromatic heterocycles. The molecule has 5 aromatic rings. The van der Waals surface area contributed by atoms with Crippen LogP contribution in [0.5, 0.6) is 0 Å². The van der Waals surface area contributed by atoms with Crippen LogP contribution in [0.2, 0.25) is 0 Å². The molecule has 5 rings (SSSR count). The molecule has 7 heteroatoms. The van der Waals surface area contributed by atoms with E-state index < -0.39 is 0 Å². The van der Waals surface area contributed by atoms with Gasteiger partial charge in [0.15, 0.2) is 5.76 Å². The molecule has 0 unspecified atom stereocenters. The van der Waals surface area contributed by atoms with Gasteiger partial charge in [-0.3, -0.25) is 0 Å². The summed E-state index contributed by atoms with van der Waals surface area (Å²) in [5.74, 6) is 1.37. The lowest BCUT2D eigenvalue weighted by atomic mass is 10.1. The molecule has 0 atom stereocenters. The van der Waals surface area contributed by atoms with Crippen LogP contribution in [0.15, 0.2) is 75.8 Å². The summed E-state index contributed by atoms with van der Waals surface area (Å²) in [6.45, 7) is 0.641. The van der Waals surface area contributed by atoms with E-state index in [0.717, 1.165) is 22.2 Å². The number of furan rings is 1. The van der Waals surface area contributed by atoms with E-state index in [-0.39, 0.29) is 0 Å². The van der Waals surface area contributed by atoms with E-state index in [4.69, 9.17) is 8.83 Å². The smallest absolute Gasteiger partial charge is 0.283 e. The van der Waals surface area contributed by atoms with Crippen molar-refractivity contribution in [3.05, 3.63) is 72.5 Å². The first kappa shape index (κ1) is 14.6. The fraction of sp³-hybridized carbons (Fsp3) is 0.0526. The predicted molar refractivity (Wildman–Crippen MR) is 94.1 cm³/mol. The lowest BCUT2D eigenvalue weighted by Crippen LogP contribution is -2.01. The average molecular weight is 343 g/mol. The van der Waals surface area contributed by atoms with Crippen molar-refractivity contribution < 1.29 is 8.83 Å². The van der Waals surface area contributed by atoms with Crippen LogP contribution in [0, 0.1) is 0 Å². The molecule has 0 radical (unpaired) electrons.